The Balaban J connectivity index is 2.64. The molecule has 1 atom stereocenters. The first-order chi connectivity index (χ1) is 7.15. The van der Waals surface area contributed by atoms with Crippen molar-refractivity contribution in [2.24, 2.45) is 5.92 Å². The number of nitrogen functional groups attached to an aromatic ring is 1. The van der Waals surface area contributed by atoms with Crippen molar-refractivity contribution < 1.29 is 5.11 Å². The number of aryl methyl sites for hydroxylation is 1. The molecule has 84 valence electrons. The topological polar surface area (TPSA) is 84.1 Å². The SMILES string of the molecule is CCc1nc(N)cc(NCC(C)CO)n1. The lowest BCUT2D eigenvalue weighted by Crippen LogP contribution is -2.16. The van der Waals surface area contributed by atoms with Gasteiger partial charge in [0.1, 0.15) is 17.5 Å². The molecule has 1 unspecified atom stereocenters. The van der Waals surface area contributed by atoms with E-state index in [1.54, 1.807) is 6.07 Å². The summed E-state index contributed by atoms with van der Waals surface area (Å²) in [7, 11) is 0. The lowest BCUT2D eigenvalue weighted by Gasteiger charge is -2.11. The maximum absolute atomic E-state index is 8.87. The maximum Gasteiger partial charge on any atom is 0.132 e. The van der Waals surface area contributed by atoms with E-state index in [0.717, 1.165) is 18.1 Å². The molecule has 0 aromatic carbocycles. The number of rotatable bonds is 5. The highest BCUT2D eigenvalue weighted by molar-refractivity contribution is 5.44. The van der Waals surface area contributed by atoms with Crippen molar-refractivity contribution >= 4 is 11.6 Å². The Morgan fingerprint density at radius 1 is 1.53 bits per heavy atom. The first-order valence-electron chi connectivity index (χ1n) is 5.13. The van der Waals surface area contributed by atoms with Crippen molar-refractivity contribution in [1.82, 2.24) is 9.97 Å². The minimum atomic E-state index is 0.161. The zero-order valence-electron chi connectivity index (χ0n) is 9.20. The van der Waals surface area contributed by atoms with Crippen LogP contribution in [0.1, 0.15) is 19.7 Å². The summed E-state index contributed by atoms with van der Waals surface area (Å²) in [5.41, 5.74) is 5.63. The highest BCUT2D eigenvalue weighted by Gasteiger charge is 2.03. The van der Waals surface area contributed by atoms with Crippen LogP contribution in [0.4, 0.5) is 11.6 Å². The molecule has 0 aliphatic heterocycles. The summed E-state index contributed by atoms with van der Waals surface area (Å²) < 4.78 is 0. The van der Waals surface area contributed by atoms with E-state index >= 15 is 0 Å². The average molecular weight is 210 g/mol. The molecule has 1 heterocycles. The van der Waals surface area contributed by atoms with Crippen LogP contribution in [0.5, 0.6) is 0 Å². The molecule has 0 amide bonds. The van der Waals surface area contributed by atoms with E-state index in [1.165, 1.54) is 0 Å². The fourth-order valence-electron chi connectivity index (χ4n) is 1.11. The number of anilines is 2. The van der Waals surface area contributed by atoms with Crippen LogP contribution >= 0.6 is 0 Å². The van der Waals surface area contributed by atoms with Crippen LogP contribution in [0.15, 0.2) is 6.07 Å². The van der Waals surface area contributed by atoms with Gasteiger partial charge in [-0.3, -0.25) is 0 Å². The lowest BCUT2D eigenvalue weighted by molar-refractivity contribution is 0.244. The molecule has 0 radical (unpaired) electrons. The predicted octanol–water partition coefficient (Wildman–Crippen LogP) is 0.661. The molecule has 1 aromatic rings. The first kappa shape index (κ1) is 11.7. The van der Waals surface area contributed by atoms with Gasteiger partial charge in [0, 0.05) is 25.6 Å². The molecule has 5 heteroatoms. The Labute approximate surface area is 89.7 Å². The van der Waals surface area contributed by atoms with E-state index in [9.17, 15) is 0 Å². The van der Waals surface area contributed by atoms with E-state index in [1.807, 2.05) is 13.8 Å². The Kier molecular flexibility index (Phi) is 4.30. The molecule has 15 heavy (non-hydrogen) atoms. The van der Waals surface area contributed by atoms with E-state index < -0.39 is 0 Å². The molecule has 1 rings (SSSR count). The molecule has 0 fully saturated rings. The van der Waals surface area contributed by atoms with Gasteiger partial charge in [-0.2, -0.15) is 0 Å². The number of hydrogen-bond donors (Lipinski definition) is 3. The zero-order valence-corrected chi connectivity index (χ0v) is 9.20. The zero-order chi connectivity index (χ0) is 11.3. The highest BCUT2D eigenvalue weighted by atomic mass is 16.3. The second-order valence-electron chi connectivity index (χ2n) is 3.62. The average Bonchev–Trinajstić information content (AvgIpc) is 2.25. The van der Waals surface area contributed by atoms with Gasteiger partial charge in [0.05, 0.1) is 0 Å². The molecule has 4 N–H and O–H groups in total. The second kappa shape index (κ2) is 5.50. The number of aromatic nitrogens is 2. The molecule has 1 aromatic heterocycles. The van der Waals surface area contributed by atoms with E-state index in [0.29, 0.717) is 12.4 Å². The van der Waals surface area contributed by atoms with E-state index in [-0.39, 0.29) is 12.5 Å². The van der Waals surface area contributed by atoms with Gasteiger partial charge in [-0.25, -0.2) is 9.97 Å². The van der Waals surface area contributed by atoms with Crippen LogP contribution in [0.2, 0.25) is 0 Å². The number of nitrogens with two attached hydrogens (primary N) is 1. The standard InChI is InChI=1S/C10H18N4O/c1-3-9-13-8(11)4-10(14-9)12-5-7(2)6-15/h4,7,15H,3,5-6H2,1-2H3,(H3,11,12,13,14). The van der Waals surface area contributed by atoms with Crippen LogP contribution in [-0.4, -0.2) is 28.2 Å². The third kappa shape index (κ3) is 3.71. The van der Waals surface area contributed by atoms with Gasteiger partial charge in [-0.05, 0) is 5.92 Å². The number of nitrogens with one attached hydrogen (secondary N) is 1. The second-order valence-corrected chi connectivity index (χ2v) is 3.62. The molecule has 5 nitrogen and oxygen atoms in total. The Morgan fingerprint density at radius 3 is 2.87 bits per heavy atom. The van der Waals surface area contributed by atoms with E-state index in [2.05, 4.69) is 15.3 Å². The van der Waals surface area contributed by atoms with Crippen LogP contribution in [-0.2, 0) is 6.42 Å². The highest BCUT2D eigenvalue weighted by Crippen LogP contribution is 2.09. The molecular weight excluding hydrogens is 192 g/mol. The quantitative estimate of drug-likeness (QED) is 0.665. The molecule has 0 bridgehead atoms. The van der Waals surface area contributed by atoms with Gasteiger partial charge >= 0.3 is 0 Å². The largest absolute Gasteiger partial charge is 0.396 e. The Bertz CT molecular complexity index is 316. The Hall–Kier alpha value is -1.36. The number of aliphatic hydroxyl groups excluding tert-OH is 1. The van der Waals surface area contributed by atoms with Gasteiger partial charge in [-0.15, -0.1) is 0 Å². The van der Waals surface area contributed by atoms with Gasteiger partial charge in [0.15, 0.2) is 0 Å². The molecule has 0 aliphatic rings. The Morgan fingerprint density at radius 2 is 2.27 bits per heavy atom. The normalized spacial score (nSPS) is 12.5. The van der Waals surface area contributed by atoms with Gasteiger partial charge in [0.2, 0.25) is 0 Å². The lowest BCUT2D eigenvalue weighted by atomic mass is 10.2. The summed E-state index contributed by atoms with van der Waals surface area (Å²) in [5, 5.41) is 12.0. The van der Waals surface area contributed by atoms with Crippen LogP contribution in [0, 0.1) is 5.92 Å². The van der Waals surface area contributed by atoms with Crippen LogP contribution in [0.3, 0.4) is 0 Å². The molecular formula is C10H18N4O. The van der Waals surface area contributed by atoms with Gasteiger partial charge in [0.25, 0.3) is 0 Å². The van der Waals surface area contributed by atoms with E-state index in [4.69, 9.17) is 10.8 Å². The van der Waals surface area contributed by atoms with Crippen molar-refractivity contribution in [2.45, 2.75) is 20.3 Å². The van der Waals surface area contributed by atoms with Crippen molar-refractivity contribution in [3.63, 3.8) is 0 Å². The predicted molar refractivity (Wildman–Crippen MR) is 60.6 cm³/mol. The number of hydrogen-bond acceptors (Lipinski definition) is 5. The minimum absolute atomic E-state index is 0.161. The summed E-state index contributed by atoms with van der Waals surface area (Å²) in [6, 6.07) is 1.70. The summed E-state index contributed by atoms with van der Waals surface area (Å²) in [5.74, 6) is 2.13. The van der Waals surface area contributed by atoms with Gasteiger partial charge < -0.3 is 16.2 Å². The molecule has 0 saturated carbocycles. The van der Waals surface area contributed by atoms with Crippen molar-refractivity contribution in [1.29, 1.82) is 0 Å². The summed E-state index contributed by atoms with van der Waals surface area (Å²) >= 11 is 0. The van der Waals surface area contributed by atoms with Crippen molar-refractivity contribution in [3.8, 4) is 0 Å². The molecule has 0 spiro atoms. The summed E-state index contributed by atoms with van der Waals surface area (Å²) in [6.45, 7) is 4.78. The summed E-state index contributed by atoms with van der Waals surface area (Å²) in [4.78, 5) is 8.35. The smallest absolute Gasteiger partial charge is 0.132 e. The first-order valence-corrected chi connectivity index (χ1v) is 5.13. The van der Waals surface area contributed by atoms with Crippen molar-refractivity contribution in [2.75, 3.05) is 24.2 Å². The van der Waals surface area contributed by atoms with Crippen LogP contribution in [0.25, 0.3) is 0 Å². The van der Waals surface area contributed by atoms with Gasteiger partial charge in [-0.1, -0.05) is 13.8 Å². The third-order valence-electron chi connectivity index (χ3n) is 2.05. The summed E-state index contributed by atoms with van der Waals surface area (Å²) in [6.07, 6.45) is 0.759. The van der Waals surface area contributed by atoms with Crippen LogP contribution < -0.4 is 11.1 Å². The monoisotopic (exact) mass is 210 g/mol. The molecule has 0 aliphatic carbocycles. The fourth-order valence-corrected chi connectivity index (χ4v) is 1.11. The number of aliphatic hydroxyl groups is 1. The molecule has 0 saturated heterocycles. The fraction of sp³-hybridized carbons (Fsp3) is 0.600. The van der Waals surface area contributed by atoms with Crippen molar-refractivity contribution in [3.05, 3.63) is 11.9 Å². The maximum atomic E-state index is 8.87. The minimum Gasteiger partial charge on any atom is -0.396 e. The third-order valence-corrected chi connectivity index (χ3v) is 2.05. The number of nitrogens with zero attached hydrogens (tertiary/aromatic N) is 2.